The SMILES string of the molecule is CCCOc1ccc(C(=O)OCC(=O)c2ccc(CCNC(C)=O)s2)cc1. The molecule has 0 unspecified atom stereocenters. The Balaban J connectivity index is 1.81. The fourth-order valence-electron chi connectivity index (χ4n) is 2.22. The van der Waals surface area contributed by atoms with E-state index in [2.05, 4.69) is 5.32 Å². The maximum Gasteiger partial charge on any atom is 0.338 e. The number of benzene rings is 1. The van der Waals surface area contributed by atoms with Crippen LogP contribution in [0, 0.1) is 0 Å². The van der Waals surface area contributed by atoms with Gasteiger partial charge in [0.25, 0.3) is 0 Å². The largest absolute Gasteiger partial charge is 0.494 e. The van der Waals surface area contributed by atoms with Crippen LogP contribution in [0.4, 0.5) is 0 Å². The molecule has 0 saturated heterocycles. The van der Waals surface area contributed by atoms with Crippen molar-refractivity contribution in [1.29, 1.82) is 0 Å². The van der Waals surface area contributed by atoms with Gasteiger partial charge in [-0.25, -0.2) is 4.79 Å². The van der Waals surface area contributed by atoms with Crippen LogP contribution in [0.3, 0.4) is 0 Å². The number of hydrogen-bond donors (Lipinski definition) is 1. The molecule has 2 rings (SSSR count). The van der Waals surface area contributed by atoms with Gasteiger partial charge in [0.1, 0.15) is 5.75 Å². The minimum atomic E-state index is -0.548. The highest BCUT2D eigenvalue weighted by Crippen LogP contribution is 2.18. The lowest BCUT2D eigenvalue weighted by atomic mass is 10.2. The number of Topliss-reactive ketones (excluding diaryl/α,β-unsaturated/α-hetero) is 1. The topological polar surface area (TPSA) is 81.7 Å². The molecule has 0 atom stereocenters. The number of hydrogen-bond acceptors (Lipinski definition) is 6. The van der Waals surface area contributed by atoms with E-state index in [-0.39, 0.29) is 18.3 Å². The molecular weight excluding hydrogens is 366 g/mol. The van der Waals surface area contributed by atoms with Crippen molar-refractivity contribution >= 4 is 29.0 Å². The summed E-state index contributed by atoms with van der Waals surface area (Å²) >= 11 is 1.34. The van der Waals surface area contributed by atoms with Gasteiger partial charge in [-0.3, -0.25) is 9.59 Å². The van der Waals surface area contributed by atoms with Gasteiger partial charge in [-0.05, 0) is 49.2 Å². The second-order valence-corrected chi connectivity index (χ2v) is 7.04. The van der Waals surface area contributed by atoms with E-state index in [1.165, 1.54) is 18.3 Å². The van der Waals surface area contributed by atoms with Crippen molar-refractivity contribution in [2.45, 2.75) is 26.7 Å². The Bertz CT molecular complexity index is 782. The summed E-state index contributed by atoms with van der Waals surface area (Å²) in [7, 11) is 0. The first kappa shape index (κ1) is 20.6. The van der Waals surface area contributed by atoms with Crippen LogP contribution in [-0.4, -0.2) is 37.4 Å². The molecule has 0 saturated carbocycles. The summed E-state index contributed by atoms with van der Waals surface area (Å²) in [6.07, 6.45) is 1.56. The first-order valence-electron chi connectivity index (χ1n) is 8.76. The first-order valence-corrected chi connectivity index (χ1v) is 9.57. The number of ether oxygens (including phenoxy) is 2. The Morgan fingerprint density at radius 1 is 1.07 bits per heavy atom. The maximum absolute atomic E-state index is 12.2. The van der Waals surface area contributed by atoms with Gasteiger partial charge < -0.3 is 14.8 Å². The molecule has 0 bridgehead atoms. The van der Waals surface area contributed by atoms with Crippen LogP contribution in [0.25, 0.3) is 0 Å². The molecule has 0 radical (unpaired) electrons. The molecule has 144 valence electrons. The number of carbonyl (C=O) groups excluding carboxylic acids is 3. The van der Waals surface area contributed by atoms with E-state index in [1.54, 1.807) is 30.3 Å². The van der Waals surface area contributed by atoms with Gasteiger partial charge in [-0.15, -0.1) is 11.3 Å². The fraction of sp³-hybridized carbons (Fsp3) is 0.350. The number of esters is 1. The Kier molecular flexibility index (Phi) is 8.00. The van der Waals surface area contributed by atoms with Gasteiger partial charge >= 0.3 is 5.97 Å². The zero-order chi connectivity index (χ0) is 19.6. The van der Waals surface area contributed by atoms with Crippen molar-refractivity contribution in [2.24, 2.45) is 0 Å². The lowest BCUT2D eigenvalue weighted by molar-refractivity contribution is -0.118. The van der Waals surface area contributed by atoms with Gasteiger partial charge in [-0.1, -0.05) is 6.92 Å². The second-order valence-electron chi connectivity index (χ2n) is 5.87. The number of amides is 1. The molecule has 7 heteroatoms. The smallest absolute Gasteiger partial charge is 0.338 e. The molecule has 0 aliphatic carbocycles. The van der Waals surface area contributed by atoms with E-state index in [1.807, 2.05) is 13.0 Å². The number of thiophene rings is 1. The van der Waals surface area contributed by atoms with Crippen LogP contribution >= 0.6 is 11.3 Å². The standard InChI is InChI=1S/C20H23NO5S/c1-3-12-25-16-6-4-15(5-7-16)20(24)26-13-18(23)19-9-8-17(27-19)10-11-21-14(2)22/h4-9H,3,10-13H2,1-2H3,(H,21,22). The zero-order valence-electron chi connectivity index (χ0n) is 15.4. The lowest BCUT2D eigenvalue weighted by Gasteiger charge is -2.06. The molecule has 0 aliphatic rings. The summed E-state index contributed by atoms with van der Waals surface area (Å²) < 4.78 is 10.6. The second kappa shape index (κ2) is 10.5. The molecule has 27 heavy (non-hydrogen) atoms. The third-order valence-corrected chi connectivity index (χ3v) is 4.77. The molecule has 1 amide bonds. The van der Waals surface area contributed by atoms with Crippen LogP contribution in [0.5, 0.6) is 5.75 Å². The minimum Gasteiger partial charge on any atom is -0.494 e. The fourth-order valence-corrected chi connectivity index (χ4v) is 3.15. The normalized spacial score (nSPS) is 10.3. The van der Waals surface area contributed by atoms with Crippen molar-refractivity contribution in [2.75, 3.05) is 19.8 Å². The summed E-state index contributed by atoms with van der Waals surface area (Å²) in [5.41, 5.74) is 0.369. The summed E-state index contributed by atoms with van der Waals surface area (Å²) in [5, 5.41) is 2.71. The van der Waals surface area contributed by atoms with E-state index in [4.69, 9.17) is 9.47 Å². The van der Waals surface area contributed by atoms with Gasteiger partial charge in [0, 0.05) is 18.3 Å². The predicted octanol–water partition coefficient (Wildman–Crippen LogP) is 3.26. The lowest BCUT2D eigenvalue weighted by Crippen LogP contribution is -2.22. The Morgan fingerprint density at radius 3 is 2.48 bits per heavy atom. The van der Waals surface area contributed by atoms with Crippen molar-refractivity contribution in [3.8, 4) is 5.75 Å². The minimum absolute atomic E-state index is 0.0836. The Hall–Kier alpha value is -2.67. The number of ketones is 1. The van der Waals surface area contributed by atoms with Crippen LogP contribution in [0.2, 0.25) is 0 Å². The van der Waals surface area contributed by atoms with Crippen molar-refractivity contribution in [3.05, 3.63) is 51.7 Å². The number of rotatable bonds is 10. The summed E-state index contributed by atoms with van der Waals surface area (Å²) in [4.78, 5) is 36.6. The van der Waals surface area contributed by atoms with Crippen LogP contribution in [-0.2, 0) is 16.0 Å². The van der Waals surface area contributed by atoms with Crippen molar-refractivity contribution in [1.82, 2.24) is 5.32 Å². The van der Waals surface area contributed by atoms with Crippen LogP contribution < -0.4 is 10.1 Å². The molecule has 1 aromatic heterocycles. The summed E-state index contributed by atoms with van der Waals surface area (Å²) in [6.45, 7) is 4.31. The Labute approximate surface area is 162 Å². The molecule has 0 spiro atoms. The van der Waals surface area contributed by atoms with E-state index in [0.29, 0.717) is 35.8 Å². The average Bonchev–Trinajstić information content (AvgIpc) is 3.13. The molecule has 6 nitrogen and oxygen atoms in total. The van der Waals surface area contributed by atoms with E-state index in [0.717, 1.165) is 11.3 Å². The van der Waals surface area contributed by atoms with Crippen molar-refractivity contribution < 1.29 is 23.9 Å². The van der Waals surface area contributed by atoms with Gasteiger partial charge in [0.15, 0.2) is 6.61 Å². The third-order valence-electron chi connectivity index (χ3n) is 3.58. The van der Waals surface area contributed by atoms with Crippen LogP contribution in [0.1, 0.15) is 45.2 Å². The highest BCUT2D eigenvalue weighted by molar-refractivity contribution is 7.14. The van der Waals surface area contributed by atoms with E-state index in [9.17, 15) is 14.4 Å². The maximum atomic E-state index is 12.2. The molecule has 1 heterocycles. The monoisotopic (exact) mass is 389 g/mol. The van der Waals surface area contributed by atoms with Gasteiger partial charge in [0.05, 0.1) is 17.0 Å². The van der Waals surface area contributed by atoms with Gasteiger partial charge in [-0.2, -0.15) is 0 Å². The van der Waals surface area contributed by atoms with E-state index >= 15 is 0 Å². The number of carbonyl (C=O) groups is 3. The molecular formula is C20H23NO5S. The molecule has 1 aromatic carbocycles. The number of nitrogens with one attached hydrogen (secondary N) is 1. The molecule has 1 N–H and O–H groups in total. The quantitative estimate of drug-likeness (QED) is 0.498. The first-order chi connectivity index (χ1) is 13.0. The van der Waals surface area contributed by atoms with E-state index < -0.39 is 5.97 Å². The third kappa shape index (κ3) is 6.86. The van der Waals surface area contributed by atoms with Crippen molar-refractivity contribution in [3.63, 3.8) is 0 Å². The summed E-state index contributed by atoms with van der Waals surface area (Å²) in [6, 6.07) is 10.2. The molecule has 0 aliphatic heterocycles. The molecule has 2 aromatic rings. The Morgan fingerprint density at radius 2 is 1.81 bits per heavy atom. The van der Waals surface area contributed by atoms with Crippen LogP contribution in [0.15, 0.2) is 36.4 Å². The molecule has 0 fully saturated rings. The highest BCUT2D eigenvalue weighted by Gasteiger charge is 2.14. The average molecular weight is 389 g/mol. The van der Waals surface area contributed by atoms with Gasteiger partial charge in [0.2, 0.25) is 11.7 Å². The zero-order valence-corrected chi connectivity index (χ0v) is 16.3. The highest BCUT2D eigenvalue weighted by atomic mass is 32.1. The summed E-state index contributed by atoms with van der Waals surface area (Å²) in [5.74, 6) is -0.190. The predicted molar refractivity (Wildman–Crippen MR) is 104 cm³/mol.